The molecule has 0 N–H and O–H groups in total. The Morgan fingerprint density at radius 3 is 2.29 bits per heavy atom. The van der Waals surface area contributed by atoms with Crippen LogP contribution in [-0.4, -0.2) is 94.9 Å². The minimum atomic E-state index is -0.157. The van der Waals surface area contributed by atoms with Gasteiger partial charge in [-0.1, -0.05) is 17.8 Å². The van der Waals surface area contributed by atoms with Crippen LogP contribution in [0.15, 0.2) is 41.8 Å². The number of hydrogen-bond acceptors (Lipinski definition) is 8. The summed E-state index contributed by atoms with van der Waals surface area (Å²) in [6.07, 6.45) is 11.7. The summed E-state index contributed by atoms with van der Waals surface area (Å²) in [5.74, 6) is 5.64. The van der Waals surface area contributed by atoms with Gasteiger partial charge in [0.1, 0.15) is 11.5 Å². The highest BCUT2D eigenvalue weighted by atomic mass is 32.2. The SMILES string of the molecule is COc1ccc(CN2C[C@H](Sc3ncccn3)C[C@H]2C(=O)N2CCN(C3C4CC5CC(C4)CC3C5)CC2)c(OC)c1. The van der Waals surface area contributed by atoms with Gasteiger partial charge in [-0.15, -0.1) is 0 Å². The lowest BCUT2D eigenvalue weighted by atomic mass is 9.54. The number of methoxy groups -OCH3 is 2. The predicted molar refractivity (Wildman–Crippen MR) is 159 cm³/mol. The number of amides is 1. The number of ether oxygens (including phenoxy) is 2. The van der Waals surface area contributed by atoms with Gasteiger partial charge < -0.3 is 14.4 Å². The molecule has 2 atom stereocenters. The van der Waals surface area contributed by atoms with Gasteiger partial charge in [-0.05, 0) is 74.3 Å². The van der Waals surface area contributed by atoms with Gasteiger partial charge >= 0.3 is 0 Å². The lowest BCUT2D eigenvalue weighted by molar-refractivity contribution is -0.140. The van der Waals surface area contributed by atoms with Gasteiger partial charge in [-0.25, -0.2) is 9.97 Å². The number of thioether (sulfide) groups is 1. The van der Waals surface area contributed by atoms with E-state index in [1.54, 1.807) is 38.4 Å². The molecule has 9 heteroatoms. The first-order valence-corrected chi connectivity index (χ1v) is 16.4. The molecule has 8 rings (SSSR count). The quantitative estimate of drug-likeness (QED) is 0.433. The van der Waals surface area contributed by atoms with Crippen LogP contribution in [0.1, 0.15) is 44.1 Å². The van der Waals surface area contributed by atoms with E-state index in [9.17, 15) is 4.79 Å². The van der Waals surface area contributed by atoms with Crippen molar-refractivity contribution in [2.45, 2.75) is 67.6 Å². The van der Waals surface area contributed by atoms with Gasteiger partial charge in [0.2, 0.25) is 5.91 Å². The lowest BCUT2D eigenvalue weighted by Crippen LogP contribution is -2.61. The zero-order chi connectivity index (χ0) is 27.9. The van der Waals surface area contributed by atoms with Crippen LogP contribution in [0.2, 0.25) is 0 Å². The Bertz CT molecular complexity index is 1200. The van der Waals surface area contributed by atoms with Gasteiger partial charge in [-0.2, -0.15) is 0 Å². The number of carbonyl (C=O) groups excluding carboxylic acids is 1. The zero-order valence-corrected chi connectivity index (χ0v) is 25.2. The molecular formula is C32H43N5O3S. The van der Waals surface area contributed by atoms with Crippen LogP contribution in [-0.2, 0) is 11.3 Å². The van der Waals surface area contributed by atoms with Crippen molar-refractivity contribution in [3.8, 4) is 11.5 Å². The highest BCUT2D eigenvalue weighted by Crippen LogP contribution is 2.55. The third-order valence-electron chi connectivity index (χ3n) is 10.6. The maximum absolute atomic E-state index is 14.2. The summed E-state index contributed by atoms with van der Waals surface area (Å²) in [7, 11) is 3.36. The molecule has 220 valence electrons. The Morgan fingerprint density at radius 2 is 1.63 bits per heavy atom. The molecule has 3 heterocycles. The fraction of sp³-hybridized carbons (Fsp3) is 0.656. The Labute approximate surface area is 248 Å². The number of piperazine rings is 1. The average molecular weight is 578 g/mol. The molecule has 1 aromatic carbocycles. The van der Waals surface area contributed by atoms with E-state index >= 15 is 0 Å². The zero-order valence-electron chi connectivity index (χ0n) is 24.4. The van der Waals surface area contributed by atoms with E-state index in [2.05, 4.69) is 30.7 Å². The predicted octanol–water partition coefficient (Wildman–Crippen LogP) is 4.20. The summed E-state index contributed by atoms with van der Waals surface area (Å²) in [4.78, 5) is 30.3. The van der Waals surface area contributed by atoms with Crippen molar-refractivity contribution in [1.29, 1.82) is 0 Å². The minimum Gasteiger partial charge on any atom is -0.497 e. The van der Waals surface area contributed by atoms with Gasteiger partial charge in [-0.3, -0.25) is 14.6 Å². The molecule has 41 heavy (non-hydrogen) atoms. The summed E-state index contributed by atoms with van der Waals surface area (Å²) in [6, 6.07) is 8.40. The first-order chi connectivity index (χ1) is 20.1. The molecule has 2 aliphatic heterocycles. The third kappa shape index (κ3) is 5.57. The van der Waals surface area contributed by atoms with Crippen LogP contribution < -0.4 is 9.47 Å². The van der Waals surface area contributed by atoms with E-state index in [1.807, 2.05) is 18.2 Å². The van der Waals surface area contributed by atoms with E-state index < -0.39 is 0 Å². The van der Waals surface area contributed by atoms with Gasteiger partial charge in [0.25, 0.3) is 0 Å². The number of rotatable bonds is 8. The summed E-state index contributed by atoms with van der Waals surface area (Å²) < 4.78 is 11.1. The Balaban J connectivity index is 1.04. The molecule has 8 nitrogen and oxygen atoms in total. The largest absolute Gasteiger partial charge is 0.497 e. The summed E-state index contributed by atoms with van der Waals surface area (Å²) in [5, 5.41) is 1.03. The molecule has 6 aliphatic rings. The molecular weight excluding hydrogens is 534 g/mol. The third-order valence-corrected chi connectivity index (χ3v) is 11.7. The topological polar surface area (TPSA) is 71.0 Å². The lowest BCUT2D eigenvalue weighted by Gasteiger charge is -2.58. The number of benzene rings is 1. The van der Waals surface area contributed by atoms with Gasteiger partial charge in [0.05, 0.1) is 20.3 Å². The smallest absolute Gasteiger partial charge is 0.240 e. The Kier molecular flexibility index (Phi) is 7.86. The van der Waals surface area contributed by atoms with Crippen molar-refractivity contribution < 1.29 is 14.3 Å². The first kappa shape index (κ1) is 27.5. The number of hydrogen-bond donors (Lipinski definition) is 0. The Hall–Kier alpha value is -2.36. The fourth-order valence-electron chi connectivity index (χ4n) is 9.02. The number of likely N-dealkylation sites (tertiary alicyclic amines) is 1. The van der Waals surface area contributed by atoms with E-state index in [4.69, 9.17) is 9.47 Å². The van der Waals surface area contributed by atoms with E-state index in [0.29, 0.717) is 6.54 Å². The number of aromatic nitrogens is 2. The van der Waals surface area contributed by atoms with E-state index in [-0.39, 0.29) is 17.2 Å². The summed E-state index contributed by atoms with van der Waals surface area (Å²) >= 11 is 1.69. The standard InChI is InChI=1S/C32H43N5O3S/c1-39-26-5-4-23(29(17-26)40-2)19-37-20-27(41-32-33-6-3-7-34-32)18-28(37)31(38)36-10-8-35(9-11-36)30-24-13-21-12-22(15-24)16-25(30)14-21/h3-7,17,21-22,24-25,27-28,30H,8-16,18-20H2,1-2H3/t21?,22?,24?,25?,27-,28+,30?/m1/s1. The monoisotopic (exact) mass is 577 g/mol. The second-order valence-electron chi connectivity index (χ2n) is 12.9. The fourth-order valence-corrected chi connectivity index (χ4v) is 10.1. The molecule has 4 bridgehead atoms. The highest BCUT2D eigenvalue weighted by molar-refractivity contribution is 7.99. The molecule has 0 radical (unpaired) electrons. The van der Waals surface area contributed by atoms with Crippen molar-refractivity contribution in [3.63, 3.8) is 0 Å². The molecule has 4 aliphatic carbocycles. The van der Waals surface area contributed by atoms with E-state index in [0.717, 1.165) is 91.1 Å². The molecule has 1 aromatic heterocycles. The van der Waals surface area contributed by atoms with Crippen LogP contribution in [0.4, 0.5) is 0 Å². The average Bonchev–Trinajstić information content (AvgIpc) is 3.39. The molecule has 4 saturated carbocycles. The molecule has 0 unspecified atom stereocenters. The van der Waals surface area contributed by atoms with Crippen molar-refractivity contribution in [1.82, 2.24) is 24.7 Å². The molecule has 2 aromatic rings. The van der Waals surface area contributed by atoms with Crippen LogP contribution in [0.25, 0.3) is 0 Å². The highest BCUT2D eigenvalue weighted by Gasteiger charge is 2.50. The second-order valence-corrected chi connectivity index (χ2v) is 14.2. The normalized spacial score (nSPS) is 33.3. The first-order valence-electron chi connectivity index (χ1n) is 15.5. The van der Waals surface area contributed by atoms with Gasteiger partial charge in [0.15, 0.2) is 5.16 Å². The van der Waals surface area contributed by atoms with Crippen LogP contribution >= 0.6 is 11.8 Å². The molecule has 1 amide bonds. The van der Waals surface area contributed by atoms with Crippen LogP contribution in [0.3, 0.4) is 0 Å². The van der Waals surface area contributed by atoms with Crippen molar-refractivity contribution in [2.75, 3.05) is 46.9 Å². The van der Waals surface area contributed by atoms with Crippen molar-refractivity contribution in [2.24, 2.45) is 23.7 Å². The number of carbonyl (C=O) groups is 1. The number of nitrogens with zero attached hydrogens (tertiary/aromatic N) is 5. The van der Waals surface area contributed by atoms with Crippen LogP contribution in [0.5, 0.6) is 11.5 Å². The maximum atomic E-state index is 14.2. The maximum Gasteiger partial charge on any atom is 0.240 e. The summed E-state index contributed by atoms with van der Waals surface area (Å²) in [5.41, 5.74) is 1.07. The van der Waals surface area contributed by atoms with Crippen molar-refractivity contribution in [3.05, 3.63) is 42.2 Å². The van der Waals surface area contributed by atoms with Crippen molar-refractivity contribution >= 4 is 17.7 Å². The Morgan fingerprint density at radius 1 is 0.927 bits per heavy atom. The molecule has 6 fully saturated rings. The van der Waals surface area contributed by atoms with Crippen LogP contribution in [0, 0.1) is 23.7 Å². The van der Waals surface area contributed by atoms with Gasteiger partial charge in [0, 0.05) is 74.6 Å². The van der Waals surface area contributed by atoms with E-state index in [1.165, 1.54) is 32.1 Å². The second kappa shape index (κ2) is 11.7. The molecule has 0 spiro atoms. The molecule has 2 saturated heterocycles. The summed E-state index contributed by atoms with van der Waals surface area (Å²) in [6.45, 7) is 5.20. The minimum absolute atomic E-state index is 0.157.